The predicted molar refractivity (Wildman–Crippen MR) is 112 cm³/mol. The number of fused-ring (bicyclic) bond motifs is 1. The van der Waals surface area contributed by atoms with Crippen LogP contribution < -0.4 is 15.2 Å². The number of imidazole rings is 1. The first-order valence-corrected chi connectivity index (χ1v) is 9.16. The minimum atomic E-state index is -0.0154. The number of ether oxygens (including phenoxy) is 2. The quantitative estimate of drug-likeness (QED) is 0.549. The minimum Gasteiger partial charge on any atom is -0.493 e. The van der Waals surface area contributed by atoms with Crippen LogP contribution in [-0.2, 0) is 0 Å². The van der Waals surface area contributed by atoms with Gasteiger partial charge in [0.15, 0.2) is 11.5 Å². The van der Waals surface area contributed by atoms with Crippen molar-refractivity contribution in [3.05, 3.63) is 72.6 Å². The first kappa shape index (κ1) is 18.1. The first-order chi connectivity index (χ1) is 13.6. The van der Waals surface area contributed by atoms with Crippen molar-refractivity contribution in [1.29, 1.82) is 0 Å². The van der Waals surface area contributed by atoms with Crippen molar-refractivity contribution in [2.75, 3.05) is 14.2 Å². The number of benzene rings is 3. The highest BCUT2D eigenvalue weighted by atomic mass is 16.5. The summed E-state index contributed by atoms with van der Waals surface area (Å²) in [6.45, 7) is 1.98. The molecular formula is C23H23N3O2. The largest absolute Gasteiger partial charge is 0.493 e. The molecule has 0 fully saturated rings. The molecule has 5 nitrogen and oxygen atoms in total. The van der Waals surface area contributed by atoms with E-state index in [-0.39, 0.29) is 6.04 Å². The molecule has 5 heteroatoms. The lowest BCUT2D eigenvalue weighted by atomic mass is 10.0. The monoisotopic (exact) mass is 373 g/mol. The second kappa shape index (κ2) is 7.37. The molecule has 0 saturated carbocycles. The van der Waals surface area contributed by atoms with E-state index < -0.39 is 0 Å². The summed E-state index contributed by atoms with van der Waals surface area (Å²) in [6.07, 6.45) is 1.84. The fraction of sp³-hybridized carbons (Fsp3) is 0.174. The fourth-order valence-electron chi connectivity index (χ4n) is 3.46. The molecule has 4 aromatic rings. The Bertz CT molecular complexity index is 1130. The van der Waals surface area contributed by atoms with Crippen LogP contribution in [0, 0.1) is 0 Å². The Morgan fingerprint density at radius 3 is 2.54 bits per heavy atom. The number of methoxy groups -OCH3 is 2. The van der Waals surface area contributed by atoms with Crippen molar-refractivity contribution in [1.82, 2.24) is 9.55 Å². The third kappa shape index (κ3) is 3.10. The molecule has 2 N–H and O–H groups in total. The molecule has 0 aliphatic rings. The highest BCUT2D eigenvalue weighted by Gasteiger charge is 2.13. The summed E-state index contributed by atoms with van der Waals surface area (Å²) in [5.41, 5.74) is 12.1. The zero-order chi connectivity index (χ0) is 19.7. The van der Waals surface area contributed by atoms with E-state index in [4.69, 9.17) is 15.2 Å². The maximum Gasteiger partial charge on any atom is 0.168 e. The van der Waals surface area contributed by atoms with Gasteiger partial charge in [-0.05, 0) is 48.4 Å². The van der Waals surface area contributed by atoms with Gasteiger partial charge in [0.2, 0.25) is 0 Å². The van der Waals surface area contributed by atoms with E-state index >= 15 is 0 Å². The summed E-state index contributed by atoms with van der Waals surface area (Å²) < 4.78 is 13.1. The standard InChI is InChI=1S/C23H23N3O2/c1-15(24)16-10-11-21-20(13-16)25-14-26(21)18-7-4-6-17(12-18)19-8-5-9-22(27-2)23(19)28-3/h4-15H,24H2,1-3H3/t15-/m0/s1. The summed E-state index contributed by atoms with van der Waals surface area (Å²) in [6, 6.07) is 20.3. The summed E-state index contributed by atoms with van der Waals surface area (Å²) in [5, 5.41) is 0. The molecule has 1 aromatic heterocycles. The van der Waals surface area contributed by atoms with Crippen LogP contribution in [0.3, 0.4) is 0 Å². The normalized spacial score (nSPS) is 12.1. The van der Waals surface area contributed by atoms with Gasteiger partial charge in [-0.1, -0.05) is 30.3 Å². The fourth-order valence-corrected chi connectivity index (χ4v) is 3.46. The summed E-state index contributed by atoms with van der Waals surface area (Å²) >= 11 is 0. The molecule has 1 heterocycles. The maximum atomic E-state index is 6.00. The van der Waals surface area contributed by atoms with E-state index in [2.05, 4.69) is 39.9 Å². The minimum absolute atomic E-state index is 0.0154. The van der Waals surface area contributed by atoms with E-state index in [1.807, 2.05) is 43.6 Å². The molecule has 0 spiro atoms. The van der Waals surface area contributed by atoms with Crippen molar-refractivity contribution in [2.45, 2.75) is 13.0 Å². The highest BCUT2D eigenvalue weighted by molar-refractivity contribution is 5.80. The zero-order valence-corrected chi connectivity index (χ0v) is 16.2. The Morgan fingerprint density at radius 2 is 1.79 bits per heavy atom. The molecule has 3 aromatic carbocycles. The number of hydrogen-bond donors (Lipinski definition) is 1. The van der Waals surface area contributed by atoms with Gasteiger partial charge in [-0.25, -0.2) is 4.98 Å². The second-order valence-corrected chi connectivity index (χ2v) is 6.74. The predicted octanol–water partition coefficient (Wildman–Crippen LogP) is 4.73. The van der Waals surface area contributed by atoms with E-state index in [9.17, 15) is 0 Å². The Morgan fingerprint density at radius 1 is 0.964 bits per heavy atom. The van der Waals surface area contributed by atoms with Gasteiger partial charge >= 0.3 is 0 Å². The third-order valence-electron chi connectivity index (χ3n) is 4.94. The third-order valence-corrected chi connectivity index (χ3v) is 4.94. The lowest BCUT2D eigenvalue weighted by Gasteiger charge is -2.14. The molecule has 0 aliphatic carbocycles. The molecule has 142 valence electrons. The molecule has 0 aliphatic heterocycles. The van der Waals surface area contributed by atoms with Gasteiger partial charge in [-0.15, -0.1) is 0 Å². The van der Waals surface area contributed by atoms with Crippen LogP contribution in [-0.4, -0.2) is 23.8 Å². The number of aromatic nitrogens is 2. The second-order valence-electron chi connectivity index (χ2n) is 6.74. The Kier molecular flexibility index (Phi) is 4.75. The SMILES string of the molecule is COc1cccc(-c2cccc(-n3cnc4cc([C@H](C)N)ccc43)c2)c1OC. The van der Waals surface area contributed by atoms with Crippen LogP contribution in [0.4, 0.5) is 0 Å². The first-order valence-electron chi connectivity index (χ1n) is 9.16. The zero-order valence-electron chi connectivity index (χ0n) is 16.2. The molecule has 0 unspecified atom stereocenters. The number of rotatable bonds is 5. The highest BCUT2D eigenvalue weighted by Crippen LogP contribution is 2.38. The number of hydrogen-bond acceptors (Lipinski definition) is 4. The maximum absolute atomic E-state index is 6.00. The van der Waals surface area contributed by atoms with Crippen LogP contribution >= 0.6 is 0 Å². The van der Waals surface area contributed by atoms with Crippen LogP contribution in [0.25, 0.3) is 27.8 Å². The molecule has 0 saturated heterocycles. The van der Waals surface area contributed by atoms with Crippen LogP contribution in [0.2, 0.25) is 0 Å². The Balaban J connectivity index is 1.81. The average molecular weight is 373 g/mol. The van der Waals surface area contributed by atoms with Gasteiger partial charge in [0.25, 0.3) is 0 Å². The molecule has 0 radical (unpaired) electrons. The lowest BCUT2D eigenvalue weighted by Crippen LogP contribution is -2.04. The Hall–Kier alpha value is -3.31. The van der Waals surface area contributed by atoms with Crippen molar-refractivity contribution >= 4 is 11.0 Å². The van der Waals surface area contributed by atoms with E-state index in [0.29, 0.717) is 5.75 Å². The smallest absolute Gasteiger partial charge is 0.168 e. The number of nitrogens with two attached hydrogens (primary N) is 1. The van der Waals surface area contributed by atoms with Gasteiger partial charge in [0.05, 0.1) is 25.3 Å². The topological polar surface area (TPSA) is 62.3 Å². The lowest BCUT2D eigenvalue weighted by molar-refractivity contribution is 0.356. The van der Waals surface area contributed by atoms with Crippen molar-refractivity contribution in [3.8, 4) is 28.3 Å². The van der Waals surface area contributed by atoms with Crippen LogP contribution in [0.1, 0.15) is 18.5 Å². The molecule has 4 rings (SSSR count). The van der Waals surface area contributed by atoms with Gasteiger partial charge in [0.1, 0.15) is 6.33 Å². The molecule has 0 bridgehead atoms. The summed E-state index contributed by atoms with van der Waals surface area (Å²) in [7, 11) is 3.30. The van der Waals surface area contributed by atoms with E-state index in [1.165, 1.54) is 0 Å². The van der Waals surface area contributed by atoms with E-state index in [1.54, 1.807) is 14.2 Å². The number of nitrogens with zero attached hydrogens (tertiary/aromatic N) is 2. The van der Waals surface area contributed by atoms with Crippen molar-refractivity contribution in [3.63, 3.8) is 0 Å². The average Bonchev–Trinajstić information content (AvgIpc) is 3.16. The van der Waals surface area contributed by atoms with Crippen molar-refractivity contribution in [2.24, 2.45) is 5.73 Å². The number of para-hydroxylation sites is 1. The van der Waals surface area contributed by atoms with E-state index in [0.717, 1.165) is 39.2 Å². The van der Waals surface area contributed by atoms with Gasteiger partial charge in [-0.2, -0.15) is 0 Å². The van der Waals surface area contributed by atoms with Crippen LogP contribution in [0.5, 0.6) is 11.5 Å². The van der Waals surface area contributed by atoms with Gasteiger partial charge < -0.3 is 15.2 Å². The summed E-state index contributed by atoms with van der Waals surface area (Å²) in [4.78, 5) is 4.56. The molecule has 1 atom stereocenters. The molecule has 28 heavy (non-hydrogen) atoms. The summed E-state index contributed by atoms with van der Waals surface area (Å²) in [5.74, 6) is 1.43. The Labute approximate surface area is 164 Å². The van der Waals surface area contributed by atoms with Gasteiger partial charge in [-0.3, -0.25) is 4.57 Å². The molecule has 0 amide bonds. The van der Waals surface area contributed by atoms with Gasteiger partial charge in [0, 0.05) is 17.3 Å². The molecular weight excluding hydrogens is 350 g/mol. The van der Waals surface area contributed by atoms with Crippen LogP contribution in [0.15, 0.2) is 67.0 Å². The van der Waals surface area contributed by atoms with Crippen molar-refractivity contribution < 1.29 is 9.47 Å².